The van der Waals surface area contributed by atoms with Gasteiger partial charge in [0.15, 0.2) is 15.0 Å². The molecule has 1 amide bonds. The molecule has 0 aromatic carbocycles. The highest BCUT2D eigenvalue weighted by atomic mass is 32.2. The summed E-state index contributed by atoms with van der Waals surface area (Å²) in [6, 6.07) is 0. The Morgan fingerprint density at radius 2 is 2.35 bits per heavy atom. The van der Waals surface area contributed by atoms with Crippen molar-refractivity contribution in [3.8, 4) is 11.8 Å². The Balaban J connectivity index is 2.06. The molecule has 3 N–H and O–H groups in total. The van der Waals surface area contributed by atoms with Crippen molar-refractivity contribution in [2.75, 3.05) is 17.6 Å². The first-order valence-electron chi connectivity index (χ1n) is 6.20. The second-order valence-electron chi connectivity index (χ2n) is 4.38. The van der Waals surface area contributed by atoms with Gasteiger partial charge in [-0.1, -0.05) is 29.6 Å². The molecule has 108 valence electrons. The fourth-order valence-electron chi connectivity index (χ4n) is 1.96. The molecule has 0 aliphatic carbocycles. The highest BCUT2D eigenvalue weighted by Gasteiger charge is 2.35. The second kappa shape index (κ2) is 6.35. The number of nitrogens with two attached hydrogens (primary N) is 1. The van der Waals surface area contributed by atoms with Crippen LogP contribution in [0.15, 0.2) is 6.20 Å². The zero-order chi connectivity index (χ0) is 14.6. The monoisotopic (exact) mass is 313 g/mol. The van der Waals surface area contributed by atoms with Gasteiger partial charge in [0.1, 0.15) is 5.25 Å². The largest absolute Gasteiger partial charge is 0.320 e. The molecule has 1 aromatic heterocycles. The molecular weight excluding hydrogens is 298 g/mol. The minimum Gasteiger partial charge on any atom is -0.320 e. The zero-order valence-electron chi connectivity index (χ0n) is 10.8. The number of hydrogen-bond donors (Lipinski definition) is 2. The predicted molar refractivity (Wildman–Crippen MR) is 78.1 cm³/mol. The van der Waals surface area contributed by atoms with E-state index in [4.69, 9.17) is 5.73 Å². The molecule has 0 saturated carbocycles. The number of nitrogens with one attached hydrogen (secondary N) is 1. The van der Waals surface area contributed by atoms with E-state index in [1.807, 2.05) is 0 Å². The van der Waals surface area contributed by atoms with Gasteiger partial charge in [-0.05, 0) is 12.8 Å². The van der Waals surface area contributed by atoms with Gasteiger partial charge < -0.3 is 11.1 Å². The molecule has 1 aliphatic rings. The van der Waals surface area contributed by atoms with Crippen molar-refractivity contribution in [3.05, 3.63) is 11.1 Å². The third-order valence-corrected chi connectivity index (χ3v) is 5.92. The van der Waals surface area contributed by atoms with Crippen LogP contribution in [-0.4, -0.2) is 36.9 Å². The number of thiazole rings is 1. The summed E-state index contributed by atoms with van der Waals surface area (Å²) in [5, 5.41) is 1.95. The maximum atomic E-state index is 12.0. The lowest BCUT2D eigenvalue weighted by Gasteiger charge is -2.20. The summed E-state index contributed by atoms with van der Waals surface area (Å²) in [6.07, 6.45) is 3.28. The smallest absolute Gasteiger partial charge is 0.244 e. The van der Waals surface area contributed by atoms with Crippen LogP contribution >= 0.6 is 11.3 Å². The highest BCUT2D eigenvalue weighted by Crippen LogP contribution is 2.23. The van der Waals surface area contributed by atoms with Crippen molar-refractivity contribution >= 4 is 32.2 Å². The van der Waals surface area contributed by atoms with Crippen LogP contribution in [0.2, 0.25) is 0 Å². The van der Waals surface area contributed by atoms with Crippen molar-refractivity contribution in [2.24, 2.45) is 5.73 Å². The molecule has 20 heavy (non-hydrogen) atoms. The summed E-state index contributed by atoms with van der Waals surface area (Å²) in [6.45, 7) is 0.250. The van der Waals surface area contributed by atoms with Crippen LogP contribution in [0.5, 0.6) is 0 Å². The molecule has 1 atom stereocenters. The number of aromatic nitrogens is 1. The fourth-order valence-corrected chi connectivity index (χ4v) is 4.46. The minimum absolute atomic E-state index is 0.0795. The number of sulfone groups is 1. The second-order valence-corrected chi connectivity index (χ2v) is 7.71. The Kier molecular flexibility index (Phi) is 4.75. The van der Waals surface area contributed by atoms with Gasteiger partial charge in [-0.15, -0.1) is 0 Å². The van der Waals surface area contributed by atoms with Gasteiger partial charge in [0.25, 0.3) is 0 Å². The standard InChI is InChI=1S/C12H15N3O3S2/c13-6-3-4-9-8-14-12(19-9)15-11(16)10-5-1-2-7-20(10,17)18/h8,10H,1-2,5-7,13H2,(H,14,15,16). The Morgan fingerprint density at radius 3 is 3.05 bits per heavy atom. The molecule has 0 radical (unpaired) electrons. The van der Waals surface area contributed by atoms with E-state index in [0.29, 0.717) is 22.9 Å². The quantitative estimate of drug-likeness (QED) is 0.768. The molecule has 6 nitrogen and oxygen atoms in total. The van der Waals surface area contributed by atoms with Crippen LogP contribution in [0.25, 0.3) is 0 Å². The SMILES string of the molecule is NCC#Cc1cnc(NC(=O)C2CCCCS2(=O)=O)s1. The molecule has 8 heteroatoms. The molecule has 2 rings (SSSR count). The van der Waals surface area contributed by atoms with Gasteiger partial charge in [-0.25, -0.2) is 13.4 Å². The van der Waals surface area contributed by atoms with Crippen LogP contribution in [0.4, 0.5) is 5.13 Å². The van der Waals surface area contributed by atoms with Gasteiger partial charge in [0.05, 0.1) is 23.4 Å². The van der Waals surface area contributed by atoms with E-state index < -0.39 is 21.0 Å². The third-order valence-electron chi connectivity index (χ3n) is 2.92. The van der Waals surface area contributed by atoms with Crippen LogP contribution in [-0.2, 0) is 14.6 Å². The lowest BCUT2D eigenvalue weighted by Crippen LogP contribution is -2.39. The molecule has 1 fully saturated rings. The molecule has 1 saturated heterocycles. The van der Waals surface area contributed by atoms with Gasteiger partial charge in [-0.3, -0.25) is 4.79 Å². The summed E-state index contributed by atoms with van der Waals surface area (Å²) in [5.41, 5.74) is 5.27. The van der Waals surface area contributed by atoms with Crippen molar-refractivity contribution in [2.45, 2.75) is 24.5 Å². The summed E-state index contributed by atoms with van der Waals surface area (Å²) in [5.74, 6) is 5.07. The summed E-state index contributed by atoms with van der Waals surface area (Å²) >= 11 is 1.20. The molecule has 1 aromatic rings. The molecule has 1 aliphatic heterocycles. The molecule has 2 heterocycles. The van der Waals surface area contributed by atoms with E-state index >= 15 is 0 Å². The minimum atomic E-state index is -3.33. The summed E-state index contributed by atoms with van der Waals surface area (Å²) in [7, 11) is -3.33. The van der Waals surface area contributed by atoms with Crippen LogP contribution in [0.3, 0.4) is 0 Å². The van der Waals surface area contributed by atoms with E-state index in [0.717, 1.165) is 6.42 Å². The number of carbonyl (C=O) groups excluding carboxylic acids is 1. The first-order valence-corrected chi connectivity index (χ1v) is 8.73. The number of hydrogen-bond acceptors (Lipinski definition) is 6. The fraction of sp³-hybridized carbons (Fsp3) is 0.500. The van der Waals surface area contributed by atoms with Gasteiger partial charge in [0, 0.05) is 0 Å². The average Bonchev–Trinajstić information content (AvgIpc) is 2.83. The van der Waals surface area contributed by atoms with E-state index in [-0.39, 0.29) is 12.3 Å². The maximum absolute atomic E-state index is 12.0. The molecule has 0 bridgehead atoms. The van der Waals surface area contributed by atoms with Crippen LogP contribution < -0.4 is 11.1 Å². The topological polar surface area (TPSA) is 102 Å². The van der Waals surface area contributed by atoms with Crippen molar-refractivity contribution in [1.82, 2.24) is 4.98 Å². The molecule has 1 unspecified atom stereocenters. The van der Waals surface area contributed by atoms with E-state index in [2.05, 4.69) is 22.1 Å². The summed E-state index contributed by atoms with van der Waals surface area (Å²) in [4.78, 5) is 16.7. The highest BCUT2D eigenvalue weighted by molar-refractivity contribution is 7.92. The normalized spacial score (nSPS) is 20.8. The Hall–Kier alpha value is -1.43. The van der Waals surface area contributed by atoms with Crippen molar-refractivity contribution < 1.29 is 13.2 Å². The first-order chi connectivity index (χ1) is 9.53. The number of anilines is 1. The van der Waals surface area contributed by atoms with Gasteiger partial charge in [0.2, 0.25) is 5.91 Å². The average molecular weight is 313 g/mol. The van der Waals surface area contributed by atoms with Crippen LogP contribution in [0, 0.1) is 11.8 Å². The summed E-state index contributed by atoms with van der Waals surface area (Å²) < 4.78 is 23.7. The number of rotatable bonds is 2. The van der Waals surface area contributed by atoms with E-state index in [1.165, 1.54) is 17.5 Å². The third kappa shape index (κ3) is 3.56. The predicted octanol–water partition coefficient (Wildman–Crippen LogP) is 0.359. The number of amides is 1. The molecular formula is C12H15N3O3S2. The van der Waals surface area contributed by atoms with Gasteiger partial charge >= 0.3 is 0 Å². The molecule has 0 spiro atoms. The first kappa shape index (κ1) is 15.0. The van der Waals surface area contributed by atoms with E-state index in [1.54, 1.807) is 0 Å². The van der Waals surface area contributed by atoms with E-state index in [9.17, 15) is 13.2 Å². The Bertz CT molecular complexity index is 655. The van der Waals surface area contributed by atoms with Crippen molar-refractivity contribution in [1.29, 1.82) is 0 Å². The lowest BCUT2D eigenvalue weighted by molar-refractivity contribution is -0.116. The zero-order valence-corrected chi connectivity index (χ0v) is 12.4. The van der Waals surface area contributed by atoms with Crippen molar-refractivity contribution in [3.63, 3.8) is 0 Å². The van der Waals surface area contributed by atoms with Gasteiger partial charge in [-0.2, -0.15) is 0 Å². The number of carbonyl (C=O) groups is 1. The number of nitrogens with zero attached hydrogens (tertiary/aromatic N) is 1. The maximum Gasteiger partial charge on any atom is 0.244 e. The Morgan fingerprint density at radius 1 is 1.55 bits per heavy atom. The lowest BCUT2D eigenvalue weighted by atomic mass is 10.2. The Labute approximate surface area is 121 Å². The van der Waals surface area contributed by atoms with Crippen LogP contribution in [0.1, 0.15) is 24.1 Å².